The Balaban J connectivity index is 1.66. The molecule has 0 aliphatic carbocycles. The second-order valence-corrected chi connectivity index (χ2v) is 10.6. The Kier molecular flexibility index (Phi) is 11.8. The molecule has 1 aliphatic rings. The van der Waals surface area contributed by atoms with Crippen molar-refractivity contribution in [2.24, 2.45) is 0 Å². The van der Waals surface area contributed by atoms with E-state index in [-0.39, 0.29) is 30.1 Å². The summed E-state index contributed by atoms with van der Waals surface area (Å²) >= 11 is 0. The highest BCUT2D eigenvalue weighted by Gasteiger charge is 2.30. The summed E-state index contributed by atoms with van der Waals surface area (Å²) in [4.78, 5) is 40.4. The van der Waals surface area contributed by atoms with Crippen LogP contribution in [0, 0.1) is 0 Å². The quantitative estimate of drug-likeness (QED) is 0.365. The van der Waals surface area contributed by atoms with Gasteiger partial charge in [-0.1, -0.05) is 19.1 Å². The lowest BCUT2D eigenvalue weighted by atomic mass is 10.1. The maximum Gasteiger partial charge on any atom is 0.242 e. The van der Waals surface area contributed by atoms with Crippen LogP contribution in [0.5, 0.6) is 11.5 Å². The van der Waals surface area contributed by atoms with Gasteiger partial charge in [0.25, 0.3) is 0 Å². The van der Waals surface area contributed by atoms with Crippen molar-refractivity contribution < 1.29 is 32.8 Å². The molecule has 2 aromatic rings. The fourth-order valence-corrected chi connectivity index (χ4v) is 5.18. The van der Waals surface area contributed by atoms with Crippen LogP contribution in [-0.2, 0) is 36.5 Å². The molecular weight excluding hydrogens is 522 g/mol. The number of carbonyl (C=O) groups is 3. The minimum Gasteiger partial charge on any atom is -0.497 e. The molecule has 0 aromatic heterocycles. The van der Waals surface area contributed by atoms with Crippen LogP contribution in [0.3, 0.4) is 0 Å². The van der Waals surface area contributed by atoms with Crippen molar-refractivity contribution in [2.45, 2.75) is 44.9 Å². The first kappa shape index (κ1) is 30.1. The molecule has 0 bridgehead atoms. The Morgan fingerprint density at radius 2 is 1.67 bits per heavy atom. The maximum atomic E-state index is 13.4. The molecule has 3 amide bonds. The first-order valence-corrected chi connectivity index (χ1v) is 14.4. The molecule has 2 N–H and O–H groups in total. The predicted molar refractivity (Wildman–Crippen MR) is 149 cm³/mol. The standard InChI is InChI=1S/C28H37N3O7S/c1-4-25(28(34)29-16-24-6-5-15-38-24)31(17-20-7-11-22(36-2)12-8-20)27(33)19-39(35)18-26(32)30-21-9-13-23(37-3)14-10-21/h7-14,24-25H,4-6,15-19H2,1-3H3,(H,29,34)(H,30,32)/t24-,25-,39-/m0/s1. The van der Waals surface area contributed by atoms with Gasteiger partial charge in [0.2, 0.25) is 17.7 Å². The number of benzene rings is 2. The molecule has 0 spiro atoms. The van der Waals surface area contributed by atoms with Crippen LogP contribution >= 0.6 is 0 Å². The van der Waals surface area contributed by atoms with Crippen LogP contribution in [0.1, 0.15) is 31.7 Å². The highest BCUT2D eigenvalue weighted by molar-refractivity contribution is 7.86. The molecule has 0 radical (unpaired) electrons. The lowest BCUT2D eigenvalue weighted by Crippen LogP contribution is -2.51. The highest BCUT2D eigenvalue weighted by Crippen LogP contribution is 2.18. The van der Waals surface area contributed by atoms with E-state index in [9.17, 15) is 18.6 Å². The largest absolute Gasteiger partial charge is 0.497 e. The van der Waals surface area contributed by atoms with Gasteiger partial charge in [-0.25, -0.2) is 0 Å². The van der Waals surface area contributed by atoms with Crippen LogP contribution in [-0.4, -0.2) is 77.9 Å². The normalized spacial score (nSPS) is 16.1. The summed E-state index contributed by atoms with van der Waals surface area (Å²) in [6, 6.07) is 13.1. The van der Waals surface area contributed by atoms with Gasteiger partial charge in [0.05, 0.1) is 20.3 Å². The van der Waals surface area contributed by atoms with Crippen molar-refractivity contribution in [2.75, 3.05) is 44.2 Å². The number of hydrogen-bond acceptors (Lipinski definition) is 7. The number of nitrogens with one attached hydrogen (secondary N) is 2. The SMILES string of the molecule is CC[C@@H](C(=O)NC[C@@H]1CCCO1)N(Cc1ccc(OC)cc1)C(=O)C[S@@](=O)CC(=O)Nc1ccc(OC)cc1. The fraction of sp³-hybridized carbons (Fsp3) is 0.464. The maximum absolute atomic E-state index is 13.4. The molecule has 0 saturated carbocycles. The second kappa shape index (κ2) is 15.2. The van der Waals surface area contributed by atoms with E-state index in [1.54, 1.807) is 50.6 Å². The molecule has 11 heteroatoms. The van der Waals surface area contributed by atoms with Crippen molar-refractivity contribution in [1.82, 2.24) is 10.2 Å². The smallest absolute Gasteiger partial charge is 0.242 e. The summed E-state index contributed by atoms with van der Waals surface area (Å²) < 4.78 is 28.7. The lowest BCUT2D eigenvalue weighted by Gasteiger charge is -2.31. The summed E-state index contributed by atoms with van der Waals surface area (Å²) in [6.45, 7) is 3.02. The van der Waals surface area contributed by atoms with Gasteiger partial charge in [-0.2, -0.15) is 0 Å². The number of rotatable bonds is 14. The Morgan fingerprint density at radius 3 is 2.23 bits per heavy atom. The fourth-order valence-electron chi connectivity index (χ4n) is 4.27. The van der Waals surface area contributed by atoms with E-state index < -0.39 is 28.7 Å². The molecule has 39 heavy (non-hydrogen) atoms. The van der Waals surface area contributed by atoms with Crippen molar-refractivity contribution in [3.05, 3.63) is 54.1 Å². The van der Waals surface area contributed by atoms with Crippen molar-refractivity contribution >= 4 is 34.2 Å². The number of nitrogens with zero attached hydrogens (tertiary/aromatic N) is 1. The number of ether oxygens (including phenoxy) is 3. The summed E-state index contributed by atoms with van der Waals surface area (Å²) in [5, 5.41) is 5.58. The third kappa shape index (κ3) is 9.36. The first-order chi connectivity index (χ1) is 18.8. The first-order valence-electron chi connectivity index (χ1n) is 12.9. The zero-order valence-corrected chi connectivity index (χ0v) is 23.5. The molecular formula is C28H37N3O7S. The van der Waals surface area contributed by atoms with Gasteiger partial charge in [0.15, 0.2) is 0 Å². The third-order valence-corrected chi connectivity index (χ3v) is 7.53. The average molecular weight is 560 g/mol. The highest BCUT2D eigenvalue weighted by atomic mass is 32.2. The molecule has 0 unspecified atom stereocenters. The van der Waals surface area contributed by atoms with E-state index in [0.717, 1.165) is 18.4 Å². The van der Waals surface area contributed by atoms with Crippen LogP contribution < -0.4 is 20.1 Å². The van der Waals surface area contributed by atoms with Gasteiger partial charge in [0, 0.05) is 36.2 Å². The molecule has 2 aromatic carbocycles. The van der Waals surface area contributed by atoms with Crippen molar-refractivity contribution in [3.63, 3.8) is 0 Å². The van der Waals surface area contributed by atoms with Crippen molar-refractivity contribution in [3.8, 4) is 11.5 Å². The Hall–Kier alpha value is -3.44. The Labute approximate surface area is 231 Å². The van der Waals surface area contributed by atoms with Gasteiger partial charge >= 0.3 is 0 Å². The van der Waals surface area contributed by atoms with Crippen LogP contribution in [0.15, 0.2) is 48.5 Å². The predicted octanol–water partition coefficient (Wildman–Crippen LogP) is 2.49. The Bertz CT molecular complexity index is 1120. The second-order valence-electron chi connectivity index (χ2n) is 9.18. The number of anilines is 1. The van der Waals surface area contributed by atoms with E-state index in [2.05, 4.69) is 10.6 Å². The molecule has 1 saturated heterocycles. The summed E-state index contributed by atoms with van der Waals surface area (Å²) in [7, 11) is 1.33. The zero-order chi connectivity index (χ0) is 28.2. The van der Waals surface area contributed by atoms with Crippen molar-refractivity contribution in [1.29, 1.82) is 0 Å². The topological polar surface area (TPSA) is 123 Å². The molecule has 212 valence electrons. The van der Waals surface area contributed by atoms with E-state index >= 15 is 0 Å². The van der Waals surface area contributed by atoms with Gasteiger partial charge < -0.3 is 29.7 Å². The summed E-state index contributed by atoms with van der Waals surface area (Å²) in [5.41, 5.74) is 1.32. The summed E-state index contributed by atoms with van der Waals surface area (Å²) in [5.74, 6) is -0.670. The lowest BCUT2D eigenvalue weighted by molar-refractivity contribution is -0.139. The van der Waals surface area contributed by atoms with Gasteiger partial charge in [-0.15, -0.1) is 0 Å². The average Bonchev–Trinajstić information content (AvgIpc) is 3.46. The monoisotopic (exact) mass is 559 g/mol. The van der Waals surface area contributed by atoms with E-state index in [0.29, 0.717) is 36.8 Å². The minimum atomic E-state index is -1.78. The van der Waals surface area contributed by atoms with E-state index in [1.165, 1.54) is 4.90 Å². The number of amides is 3. The third-order valence-electron chi connectivity index (χ3n) is 6.38. The number of carbonyl (C=O) groups excluding carboxylic acids is 3. The van der Waals surface area contributed by atoms with E-state index in [1.807, 2.05) is 19.1 Å². The van der Waals surface area contributed by atoms with Gasteiger partial charge in [-0.3, -0.25) is 18.6 Å². The van der Waals surface area contributed by atoms with Gasteiger partial charge in [-0.05, 0) is 61.2 Å². The molecule has 3 atom stereocenters. The van der Waals surface area contributed by atoms with Crippen LogP contribution in [0.25, 0.3) is 0 Å². The van der Waals surface area contributed by atoms with E-state index in [4.69, 9.17) is 14.2 Å². The Morgan fingerprint density at radius 1 is 1.03 bits per heavy atom. The molecule has 1 heterocycles. The zero-order valence-electron chi connectivity index (χ0n) is 22.6. The summed E-state index contributed by atoms with van der Waals surface area (Å²) in [6.07, 6.45) is 2.17. The van der Waals surface area contributed by atoms with Gasteiger partial charge in [0.1, 0.15) is 29.0 Å². The molecule has 10 nitrogen and oxygen atoms in total. The molecule has 1 fully saturated rings. The number of hydrogen-bond donors (Lipinski definition) is 2. The number of methoxy groups -OCH3 is 2. The van der Waals surface area contributed by atoms with Crippen LogP contribution in [0.4, 0.5) is 5.69 Å². The molecule has 3 rings (SSSR count). The molecule has 1 aliphatic heterocycles. The van der Waals surface area contributed by atoms with Crippen LogP contribution in [0.2, 0.25) is 0 Å². The minimum absolute atomic E-state index is 0.0334.